The van der Waals surface area contributed by atoms with Crippen molar-refractivity contribution in [2.45, 2.75) is 11.3 Å². The lowest BCUT2D eigenvalue weighted by Gasteiger charge is -2.02. The van der Waals surface area contributed by atoms with Crippen molar-refractivity contribution >= 4 is 23.5 Å². The Morgan fingerprint density at radius 3 is 3.25 bits per heavy atom. The minimum Gasteiger partial charge on any atom is -0.303 e. The molecule has 2 aliphatic heterocycles. The van der Waals surface area contributed by atoms with Gasteiger partial charge in [-0.2, -0.15) is 11.8 Å². The second-order valence-electron chi connectivity index (χ2n) is 2.20. The quantitative estimate of drug-likeness (QED) is 0.543. The summed E-state index contributed by atoms with van der Waals surface area (Å²) < 4.78 is 0. The fraction of sp³-hybridized carbons (Fsp3) is 1.00. The highest BCUT2D eigenvalue weighted by atomic mass is 32.2. The van der Waals surface area contributed by atoms with Crippen LogP contribution in [0.3, 0.4) is 0 Å². The smallest absolute Gasteiger partial charge is 0.0424 e. The largest absolute Gasteiger partial charge is 0.303 e. The Kier molecular flexibility index (Phi) is 1.44. The van der Waals surface area contributed by atoms with Gasteiger partial charge < -0.3 is 5.32 Å². The third-order valence-corrected chi connectivity index (χ3v) is 4.33. The van der Waals surface area contributed by atoms with E-state index in [0.717, 1.165) is 11.3 Å². The van der Waals surface area contributed by atoms with Crippen LogP contribution in [0, 0.1) is 0 Å². The summed E-state index contributed by atoms with van der Waals surface area (Å²) in [5.41, 5.74) is 0. The normalized spacial score (nSPS) is 45.0. The molecule has 2 saturated heterocycles. The predicted octanol–water partition coefficient (Wildman–Crippen LogP) is 0.764. The first-order chi connectivity index (χ1) is 3.97. The first kappa shape index (κ1) is 5.45. The molecule has 0 aromatic carbocycles. The van der Waals surface area contributed by atoms with Crippen molar-refractivity contribution < 1.29 is 0 Å². The highest BCUT2D eigenvalue weighted by Gasteiger charge is 2.31. The number of thioether (sulfide) groups is 2. The second-order valence-corrected chi connectivity index (χ2v) is 4.50. The molecule has 0 saturated carbocycles. The number of hydrogen-bond donors (Lipinski definition) is 1. The van der Waals surface area contributed by atoms with E-state index in [1.165, 1.54) is 17.4 Å². The lowest BCUT2D eigenvalue weighted by molar-refractivity contribution is 0.657. The first-order valence-corrected chi connectivity index (χ1v) is 5.10. The summed E-state index contributed by atoms with van der Waals surface area (Å²) in [6.07, 6.45) is 0. The Morgan fingerprint density at radius 2 is 2.38 bits per heavy atom. The van der Waals surface area contributed by atoms with E-state index < -0.39 is 0 Å². The molecule has 2 fully saturated rings. The lowest BCUT2D eigenvalue weighted by atomic mass is 10.3. The van der Waals surface area contributed by atoms with E-state index in [9.17, 15) is 0 Å². The van der Waals surface area contributed by atoms with Crippen molar-refractivity contribution in [2.75, 3.05) is 17.4 Å². The third kappa shape index (κ3) is 0.769. The summed E-state index contributed by atoms with van der Waals surface area (Å²) in [7, 11) is 0. The van der Waals surface area contributed by atoms with Crippen molar-refractivity contribution in [3.05, 3.63) is 0 Å². The van der Waals surface area contributed by atoms with E-state index in [4.69, 9.17) is 0 Å². The maximum Gasteiger partial charge on any atom is 0.0424 e. The third-order valence-electron chi connectivity index (χ3n) is 1.67. The van der Waals surface area contributed by atoms with Gasteiger partial charge in [0.2, 0.25) is 0 Å². The van der Waals surface area contributed by atoms with Crippen LogP contribution in [0.15, 0.2) is 0 Å². The summed E-state index contributed by atoms with van der Waals surface area (Å²) in [5.74, 6) is 3.91. The molecule has 2 heterocycles. The topological polar surface area (TPSA) is 12.0 Å². The molecule has 2 atom stereocenters. The van der Waals surface area contributed by atoms with Gasteiger partial charge in [-0.1, -0.05) is 0 Å². The summed E-state index contributed by atoms with van der Waals surface area (Å²) in [6, 6.07) is 0.852. The average Bonchev–Trinajstić information content (AvgIpc) is 2.15. The zero-order valence-electron chi connectivity index (χ0n) is 4.59. The minimum atomic E-state index is 0.852. The molecule has 0 bridgehead atoms. The van der Waals surface area contributed by atoms with Crippen LogP contribution in [0.4, 0.5) is 0 Å². The molecule has 0 aromatic rings. The zero-order valence-corrected chi connectivity index (χ0v) is 6.23. The Morgan fingerprint density at radius 1 is 1.38 bits per heavy atom. The average molecular weight is 147 g/mol. The van der Waals surface area contributed by atoms with Gasteiger partial charge in [0.05, 0.1) is 0 Å². The van der Waals surface area contributed by atoms with Crippen LogP contribution < -0.4 is 5.32 Å². The Bertz CT molecular complexity index is 76.4. The van der Waals surface area contributed by atoms with Crippen molar-refractivity contribution in [1.82, 2.24) is 5.32 Å². The van der Waals surface area contributed by atoms with Gasteiger partial charge in [-0.15, -0.1) is 11.8 Å². The van der Waals surface area contributed by atoms with E-state index in [1.807, 2.05) is 0 Å². The number of hydrogen-bond acceptors (Lipinski definition) is 3. The molecular formula is C5H9NS2. The van der Waals surface area contributed by atoms with Crippen molar-refractivity contribution in [3.8, 4) is 0 Å². The molecule has 0 aromatic heterocycles. The van der Waals surface area contributed by atoms with Crippen molar-refractivity contribution in [2.24, 2.45) is 0 Å². The molecule has 1 nitrogen and oxygen atoms in total. The van der Waals surface area contributed by atoms with E-state index in [-0.39, 0.29) is 0 Å². The van der Waals surface area contributed by atoms with E-state index in [2.05, 4.69) is 28.8 Å². The van der Waals surface area contributed by atoms with Gasteiger partial charge in [-0.05, 0) is 0 Å². The standard InChI is InChI=1S/C5H9NS2/c1-4-5(2-7-1)8-3-6-4/h4-6H,1-3H2. The fourth-order valence-electron chi connectivity index (χ4n) is 1.15. The van der Waals surface area contributed by atoms with Crippen LogP contribution in [0.25, 0.3) is 0 Å². The molecule has 0 aliphatic carbocycles. The van der Waals surface area contributed by atoms with Gasteiger partial charge in [-0.3, -0.25) is 0 Å². The number of fused-ring (bicyclic) bond motifs is 1. The van der Waals surface area contributed by atoms with E-state index in [0.29, 0.717) is 0 Å². The predicted molar refractivity (Wildman–Crippen MR) is 40.5 cm³/mol. The molecule has 0 amide bonds. The zero-order chi connectivity index (χ0) is 5.40. The van der Waals surface area contributed by atoms with Gasteiger partial charge in [0.1, 0.15) is 0 Å². The van der Waals surface area contributed by atoms with Crippen LogP contribution in [0.2, 0.25) is 0 Å². The van der Waals surface area contributed by atoms with Gasteiger partial charge in [0, 0.05) is 28.7 Å². The Labute approximate surface area is 58.0 Å². The van der Waals surface area contributed by atoms with Crippen molar-refractivity contribution in [1.29, 1.82) is 0 Å². The Hall–Kier alpha value is 0.660. The summed E-state index contributed by atoms with van der Waals surface area (Å²) in [5, 5.41) is 4.41. The molecule has 46 valence electrons. The minimum absolute atomic E-state index is 0.852. The lowest BCUT2D eigenvalue weighted by Crippen LogP contribution is -2.27. The molecule has 2 aliphatic rings. The molecule has 0 spiro atoms. The van der Waals surface area contributed by atoms with Gasteiger partial charge in [0.25, 0.3) is 0 Å². The van der Waals surface area contributed by atoms with Crippen LogP contribution in [-0.2, 0) is 0 Å². The van der Waals surface area contributed by atoms with Gasteiger partial charge in [0.15, 0.2) is 0 Å². The maximum atomic E-state index is 3.46. The van der Waals surface area contributed by atoms with E-state index >= 15 is 0 Å². The second kappa shape index (κ2) is 2.12. The van der Waals surface area contributed by atoms with Crippen LogP contribution >= 0.6 is 23.5 Å². The highest BCUT2D eigenvalue weighted by Crippen LogP contribution is 2.32. The summed E-state index contributed by atoms with van der Waals surface area (Å²) in [4.78, 5) is 0. The molecular weight excluding hydrogens is 138 g/mol. The molecule has 1 N–H and O–H groups in total. The van der Waals surface area contributed by atoms with Crippen LogP contribution in [0.1, 0.15) is 0 Å². The maximum absolute atomic E-state index is 3.46. The molecule has 3 heteroatoms. The summed E-state index contributed by atoms with van der Waals surface area (Å²) >= 11 is 4.16. The van der Waals surface area contributed by atoms with Crippen LogP contribution in [-0.4, -0.2) is 28.7 Å². The molecule has 0 radical (unpaired) electrons. The number of rotatable bonds is 0. The SMILES string of the molecule is C1NC2CSCC2S1. The van der Waals surface area contributed by atoms with Gasteiger partial charge >= 0.3 is 0 Å². The molecule has 2 unspecified atom stereocenters. The van der Waals surface area contributed by atoms with Crippen molar-refractivity contribution in [3.63, 3.8) is 0 Å². The molecule has 2 rings (SSSR count). The monoisotopic (exact) mass is 147 g/mol. The van der Waals surface area contributed by atoms with Crippen LogP contribution in [0.5, 0.6) is 0 Å². The summed E-state index contributed by atoms with van der Waals surface area (Å²) in [6.45, 7) is 0. The number of nitrogens with one attached hydrogen (secondary N) is 1. The van der Waals surface area contributed by atoms with Gasteiger partial charge in [-0.25, -0.2) is 0 Å². The van der Waals surface area contributed by atoms with E-state index in [1.54, 1.807) is 0 Å². The fourth-order valence-corrected chi connectivity index (χ4v) is 4.10. The molecule has 8 heavy (non-hydrogen) atoms. The Balaban J connectivity index is 2.04. The first-order valence-electron chi connectivity index (χ1n) is 2.89. The highest BCUT2D eigenvalue weighted by molar-refractivity contribution is 8.04.